The van der Waals surface area contributed by atoms with E-state index in [2.05, 4.69) is 41.0 Å². The van der Waals surface area contributed by atoms with E-state index in [1.165, 1.54) is 37.7 Å². The highest BCUT2D eigenvalue weighted by Crippen LogP contribution is 2.36. The van der Waals surface area contributed by atoms with Gasteiger partial charge in [-0.3, -0.25) is 4.40 Å². The van der Waals surface area contributed by atoms with Crippen molar-refractivity contribution in [3.63, 3.8) is 0 Å². The van der Waals surface area contributed by atoms with Crippen LogP contribution in [0.15, 0.2) is 42.6 Å². The lowest BCUT2D eigenvalue weighted by molar-refractivity contribution is 0.416. The Morgan fingerprint density at radius 3 is 2.72 bits per heavy atom. The Morgan fingerprint density at radius 2 is 1.92 bits per heavy atom. The number of pyridine rings is 1. The van der Waals surface area contributed by atoms with Crippen molar-refractivity contribution < 1.29 is 4.74 Å². The van der Waals surface area contributed by atoms with Gasteiger partial charge in [0.15, 0.2) is 0 Å². The first-order valence-electron chi connectivity index (χ1n) is 9.15. The molecule has 1 aliphatic carbocycles. The number of aryl methyl sites for hydroxylation is 1. The minimum atomic E-state index is 0.517. The summed E-state index contributed by atoms with van der Waals surface area (Å²) >= 11 is 0. The van der Waals surface area contributed by atoms with Gasteiger partial charge in [0.05, 0.1) is 7.11 Å². The summed E-state index contributed by atoms with van der Waals surface area (Å²) < 4.78 is 7.76. The lowest BCUT2D eigenvalue weighted by Crippen LogP contribution is -2.23. The van der Waals surface area contributed by atoms with Gasteiger partial charge in [-0.1, -0.05) is 31.4 Å². The van der Waals surface area contributed by atoms with Gasteiger partial charge in [0.25, 0.3) is 0 Å². The summed E-state index contributed by atoms with van der Waals surface area (Å²) in [6, 6.07) is 12.9. The molecule has 0 atom stereocenters. The highest BCUT2D eigenvalue weighted by atomic mass is 16.5. The van der Waals surface area contributed by atoms with Gasteiger partial charge in [-0.05, 0) is 49.6 Å². The molecule has 4 nitrogen and oxygen atoms in total. The molecule has 0 saturated heterocycles. The lowest BCUT2D eigenvalue weighted by atomic mass is 9.95. The number of para-hydroxylation sites is 1. The molecule has 4 heteroatoms. The summed E-state index contributed by atoms with van der Waals surface area (Å²) in [5.74, 6) is 1.93. The number of ether oxygens (including phenoxy) is 1. The van der Waals surface area contributed by atoms with Crippen LogP contribution < -0.4 is 10.1 Å². The summed E-state index contributed by atoms with van der Waals surface area (Å²) in [5.41, 5.74) is 4.19. The zero-order valence-electron chi connectivity index (χ0n) is 15.0. The molecule has 1 aliphatic rings. The van der Waals surface area contributed by atoms with E-state index in [4.69, 9.17) is 9.72 Å². The summed E-state index contributed by atoms with van der Waals surface area (Å²) in [7, 11) is 1.72. The zero-order chi connectivity index (χ0) is 17.2. The average molecular weight is 335 g/mol. The second-order valence-electron chi connectivity index (χ2n) is 6.92. The standard InChI is InChI=1S/C21H25N3O/c1-15-12-13-24-19(14-15)23-20(17-10-6-7-11-18(17)25-2)21(24)22-16-8-4-3-5-9-16/h6-7,10-14,16,22H,3-5,8-9H2,1-2H3. The maximum Gasteiger partial charge on any atom is 0.139 e. The third-order valence-electron chi connectivity index (χ3n) is 5.09. The molecule has 3 aromatic rings. The average Bonchev–Trinajstić information content (AvgIpc) is 3.00. The minimum absolute atomic E-state index is 0.517. The van der Waals surface area contributed by atoms with Crippen molar-refractivity contribution in [1.29, 1.82) is 0 Å². The summed E-state index contributed by atoms with van der Waals surface area (Å²) in [6.07, 6.45) is 8.52. The van der Waals surface area contributed by atoms with Crippen molar-refractivity contribution in [1.82, 2.24) is 9.38 Å². The maximum atomic E-state index is 5.59. The summed E-state index contributed by atoms with van der Waals surface area (Å²) in [4.78, 5) is 4.94. The van der Waals surface area contributed by atoms with Crippen LogP contribution in [0.2, 0.25) is 0 Å². The fourth-order valence-electron chi connectivity index (χ4n) is 3.75. The number of benzene rings is 1. The van der Waals surface area contributed by atoms with Crippen LogP contribution in [0.4, 0.5) is 5.82 Å². The Hall–Kier alpha value is -2.49. The number of anilines is 1. The Labute approximate surface area is 148 Å². The second-order valence-corrected chi connectivity index (χ2v) is 6.92. The normalized spacial score (nSPS) is 15.4. The van der Waals surface area contributed by atoms with Crippen molar-refractivity contribution >= 4 is 11.5 Å². The number of imidazole rings is 1. The number of methoxy groups -OCH3 is 1. The van der Waals surface area contributed by atoms with Crippen LogP contribution >= 0.6 is 0 Å². The predicted octanol–water partition coefficient (Wildman–Crippen LogP) is 5.06. The first-order valence-corrected chi connectivity index (χ1v) is 9.15. The second kappa shape index (κ2) is 6.79. The predicted molar refractivity (Wildman–Crippen MR) is 102 cm³/mol. The van der Waals surface area contributed by atoms with Gasteiger partial charge in [-0.15, -0.1) is 0 Å². The van der Waals surface area contributed by atoms with Crippen LogP contribution in [0, 0.1) is 6.92 Å². The van der Waals surface area contributed by atoms with Gasteiger partial charge in [-0.2, -0.15) is 0 Å². The third kappa shape index (κ3) is 3.09. The van der Waals surface area contributed by atoms with Gasteiger partial charge >= 0.3 is 0 Å². The van der Waals surface area contributed by atoms with E-state index in [1.54, 1.807) is 7.11 Å². The van der Waals surface area contributed by atoms with E-state index >= 15 is 0 Å². The lowest BCUT2D eigenvalue weighted by Gasteiger charge is -2.24. The van der Waals surface area contributed by atoms with Crippen LogP contribution in [0.1, 0.15) is 37.7 Å². The first-order chi connectivity index (χ1) is 12.3. The molecule has 25 heavy (non-hydrogen) atoms. The molecule has 4 rings (SSSR count). The van der Waals surface area contributed by atoms with Gasteiger partial charge in [-0.25, -0.2) is 4.98 Å². The number of aromatic nitrogens is 2. The smallest absolute Gasteiger partial charge is 0.139 e. The molecule has 2 aromatic heterocycles. The molecule has 1 fully saturated rings. The van der Waals surface area contributed by atoms with Gasteiger partial charge in [0.1, 0.15) is 22.9 Å². The fourth-order valence-corrected chi connectivity index (χ4v) is 3.75. The molecule has 0 aliphatic heterocycles. The minimum Gasteiger partial charge on any atom is -0.496 e. The zero-order valence-corrected chi connectivity index (χ0v) is 15.0. The molecule has 130 valence electrons. The van der Waals surface area contributed by atoms with E-state index < -0.39 is 0 Å². The van der Waals surface area contributed by atoms with E-state index in [-0.39, 0.29) is 0 Å². The van der Waals surface area contributed by atoms with Crippen LogP contribution in [0.3, 0.4) is 0 Å². The Balaban J connectivity index is 1.85. The Morgan fingerprint density at radius 1 is 1.12 bits per heavy atom. The largest absolute Gasteiger partial charge is 0.496 e. The van der Waals surface area contributed by atoms with Crippen LogP contribution in [-0.4, -0.2) is 22.5 Å². The molecular formula is C21H25N3O. The quantitative estimate of drug-likeness (QED) is 0.724. The molecule has 0 bridgehead atoms. The van der Waals surface area contributed by atoms with Crippen molar-refractivity contribution in [2.24, 2.45) is 0 Å². The third-order valence-corrected chi connectivity index (χ3v) is 5.09. The SMILES string of the molecule is COc1ccccc1-c1nc2cc(C)ccn2c1NC1CCCCC1. The van der Waals surface area contributed by atoms with E-state index in [0.29, 0.717) is 6.04 Å². The van der Waals surface area contributed by atoms with Crippen LogP contribution in [0.25, 0.3) is 16.9 Å². The van der Waals surface area contributed by atoms with E-state index in [9.17, 15) is 0 Å². The van der Waals surface area contributed by atoms with Gasteiger partial charge in [0, 0.05) is 17.8 Å². The fraction of sp³-hybridized carbons (Fsp3) is 0.381. The number of nitrogens with zero attached hydrogens (tertiary/aromatic N) is 2. The Kier molecular flexibility index (Phi) is 4.35. The van der Waals surface area contributed by atoms with Crippen molar-refractivity contribution in [2.75, 3.05) is 12.4 Å². The molecule has 2 heterocycles. The topological polar surface area (TPSA) is 38.6 Å². The molecular weight excluding hydrogens is 310 g/mol. The number of nitrogens with one attached hydrogen (secondary N) is 1. The molecule has 1 saturated carbocycles. The van der Waals surface area contributed by atoms with Crippen LogP contribution in [0.5, 0.6) is 5.75 Å². The van der Waals surface area contributed by atoms with Gasteiger partial charge in [0.2, 0.25) is 0 Å². The highest BCUT2D eigenvalue weighted by molar-refractivity contribution is 5.80. The molecule has 1 aromatic carbocycles. The monoisotopic (exact) mass is 335 g/mol. The molecule has 0 amide bonds. The number of rotatable bonds is 4. The highest BCUT2D eigenvalue weighted by Gasteiger charge is 2.21. The maximum absolute atomic E-state index is 5.59. The molecule has 0 spiro atoms. The van der Waals surface area contributed by atoms with E-state index in [1.807, 2.05) is 18.2 Å². The summed E-state index contributed by atoms with van der Waals surface area (Å²) in [5, 5.41) is 3.79. The number of hydrogen-bond donors (Lipinski definition) is 1. The number of fused-ring (bicyclic) bond motifs is 1. The molecule has 1 N–H and O–H groups in total. The van der Waals surface area contributed by atoms with Crippen molar-refractivity contribution in [3.8, 4) is 17.0 Å². The van der Waals surface area contributed by atoms with Crippen LogP contribution in [-0.2, 0) is 0 Å². The Bertz CT molecular complexity index is 878. The molecule has 0 unspecified atom stereocenters. The first kappa shape index (κ1) is 16.0. The van der Waals surface area contributed by atoms with Crippen molar-refractivity contribution in [3.05, 3.63) is 48.2 Å². The van der Waals surface area contributed by atoms with Crippen molar-refractivity contribution in [2.45, 2.75) is 45.1 Å². The summed E-state index contributed by atoms with van der Waals surface area (Å²) in [6.45, 7) is 2.10. The number of hydrogen-bond acceptors (Lipinski definition) is 3. The van der Waals surface area contributed by atoms with Gasteiger partial charge < -0.3 is 10.1 Å². The van der Waals surface area contributed by atoms with E-state index in [0.717, 1.165) is 28.5 Å². The molecule has 0 radical (unpaired) electrons.